The van der Waals surface area contributed by atoms with E-state index in [1.54, 1.807) is 18.4 Å². The van der Waals surface area contributed by atoms with Crippen LogP contribution in [0.1, 0.15) is 12.5 Å². The van der Waals surface area contributed by atoms with Crippen molar-refractivity contribution in [1.29, 1.82) is 0 Å². The molecule has 0 atom stereocenters. The fourth-order valence-electron chi connectivity index (χ4n) is 1.82. The molecule has 0 fully saturated rings. The second-order valence-corrected chi connectivity index (χ2v) is 5.68. The summed E-state index contributed by atoms with van der Waals surface area (Å²) in [5, 5.41) is 5.43. The Bertz CT molecular complexity index is 524. The minimum atomic E-state index is 0.830. The Morgan fingerprint density at radius 1 is 1.33 bits per heavy atom. The molecule has 0 saturated carbocycles. The van der Waals surface area contributed by atoms with Crippen molar-refractivity contribution in [3.8, 4) is 16.2 Å². The maximum Gasteiger partial charge on any atom is 0.123 e. The molecule has 4 heteroatoms. The molecule has 1 heterocycles. The van der Waals surface area contributed by atoms with Crippen LogP contribution in [0.25, 0.3) is 10.4 Å². The zero-order valence-corrected chi connectivity index (χ0v) is 12.9. The van der Waals surface area contributed by atoms with E-state index < -0.39 is 0 Å². The topological polar surface area (TPSA) is 21.3 Å². The molecule has 0 amide bonds. The summed E-state index contributed by atoms with van der Waals surface area (Å²) < 4.78 is 6.54. The van der Waals surface area contributed by atoms with Crippen molar-refractivity contribution in [2.75, 3.05) is 13.7 Å². The van der Waals surface area contributed by atoms with Gasteiger partial charge in [0, 0.05) is 21.5 Å². The Labute approximate surface area is 120 Å². The van der Waals surface area contributed by atoms with E-state index in [4.69, 9.17) is 4.74 Å². The third-order valence-corrected chi connectivity index (χ3v) is 4.61. The normalized spacial score (nSPS) is 10.6. The monoisotopic (exact) mass is 325 g/mol. The fraction of sp³-hybridized carbons (Fsp3) is 0.286. The summed E-state index contributed by atoms with van der Waals surface area (Å²) in [5.74, 6) is 0.937. The van der Waals surface area contributed by atoms with Gasteiger partial charge in [-0.2, -0.15) is 0 Å². The van der Waals surface area contributed by atoms with E-state index in [1.807, 2.05) is 6.07 Å². The van der Waals surface area contributed by atoms with Gasteiger partial charge in [-0.25, -0.2) is 0 Å². The molecular weight excluding hydrogens is 310 g/mol. The number of hydrogen-bond acceptors (Lipinski definition) is 3. The Kier molecular flexibility index (Phi) is 4.80. The van der Waals surface area contributed by atoms with Gasteiger partial charge in [-0.15, -0.1) is 11.3 Å². The molecule has 2 rings (SSSR count). The van der Waals surface area contributed by atoms with Crippen molar-refractivity contribution < 1.29 is 4.74 Å². The number of thiophene rings is 1. The van der Waals surface area contributed by atoms with Gasteiger partial charge >= 0.3 is 0 Å². The van der Waals surface area contributed by atoms with Crippen LogP contribution in [0.15, 0.2) is 34.1 Å². The van der Waals surface area contributed by atoms with E-state index in [-0.39, 0.29) is 0 Å². The van der Waals surface area contributed by atoms with Gasteiger partial charge in [0.2, 0.25) is 0 Å². The van der Waals surface area contributed by atoms with Gasteiger partial charge in [-0.05, 0) is 57.7 Å². The third-order valence-electron chi connectivity index (χ3n) is 2.73. The van der Waals surface area contributed by atoms with Crippen LogP contribution in [0.5, 0.6) is 5.75 Å². The highest BCUT2D eigenvalue weighted by atomic mass is 79.9. The van der Waals surface area contributed by atoms with Gasteiger partial charge in [-0.1, -0.05) is 6.92 Å². The molecule has 2 aromatic rings. The summed E-state index contributed by atoms with van der Waals surface area (Å²) in [6, 6.07) is 8.41. The van der Waals surface area contributed by atoms with E-state index in [2.05, 4.69) is 51.7 Å². The molecule has 1 aromatic heterocycles. The highest BCUT2D eigenvalue weighted by Gasteiger charge is 2.08. The van der Waals surface area contributed by atoms with Gasteiger partial charge in [0.05, 0.1) is 7.11 Å². The number of nitrogens with one attached hydrogen (secondary N) is 1. The van der Waals surface area contributed by atoms with Gasteiger partial charge in [-0.3, -0.25) is 0 Å². The Morgan fingerprint density at radius 2 is 2.17 bits per heavy atom. The average Bonchev–Trinajstić information content (AvgIpc) is 2.82. The maximum atomic E-state index is 5.40. The van der Waals surface area contributed by atoms with Crippen molar-refractivity contribution in [3.63, 3.8) is 0 Å². The van der Waals surface area contributed by atoms with Crippen LogP contribution >= 0.6 is 27.3 Å². The second kappa shape index (κ2) is 6.36. The molecule has 96 valence electrons. The van der Waals surface area contributed by atoms with E-state index in [0.717, 1.165) is 23.3 Å². The summed E-state index contributed by atoms with van der Waals surface area (Å²) in [5.41, 5.74) is 2.42. The van der Waals surface area contributed by atoms with Crippen LogP contribution in [0.4, 0.5) is 0 Å². The minimum absolute atomic E-state index is 0.830. The lowest BCUT2D eigenvalue weighted by Crippen LogP contribution is -2.12. The van der Waals surface area contributed by atoms with Crippen LogP contribution in [-0.4, -0.2) is 13.7 Å². The lowest BCUT2D eigenvalue weighted by molar-refractivity contribution is 0.408. The molecule has 0 aliphatic carbocycles. The first-order valence-corrected chi connectivity index (χ1v) is 7.54. The summed E-state index contributed by atoms with van der Waals surface area (Å²) >= 11 is 5.32. The van der Waals surface area contributed by atoms with Crippen LogP contribution in [0, 0.1) is 0 Å². The first-order valence-electron chi connectivity index (χ1n) is 5.87. The van der Waals surface area contributed by atoms with Crippen LogP contribution in [0.3, 0.4) is 0 Å². The molecule has 0 bridgehead atoms. The highest BCUT2D eigenvalue weighted by molar-refractivity contribution is 9.10. The molecule has 0 radical (unpaired) electrons. The zero-order valence-electron chi connectivity index (χ0n) is 10.5. The number of benzene rings is 1. The quantitative estimate of drug-likeness (QED) is 0.885. The Morgan fingerprint density at radius 3 is 2.78 bits per heavy atom. The van der Waals surface area contributed by atoms with Gasteiger partial charge in [0.25, 0.3) is 0 Å². The van der Waals surface area contributed by atoms with Crippen LogP contribution in [0.2, 0.25) is 0 Å². The van der Waals surface area contributed by atoms with Gasteiger partial charge in [0.1, 0.15) is 5.75 Å². The molecule has 1 aromatic carbocycles. The number of halogens is 1. The lowest BCUT2D eigenvalue weighted by atomic mass is 10.1. The number of rotatable bonds is 5. The van der Waals surface area contributed by atoms with E-state index in [9.17, 15) is 0 Å². The smallest absolute Gasteiger partial charge is 0.123 e. The Hall–Kier alpha value is -0.840. The molecule has 0 spiro atoms. The SMILES string of the molecule is CCNCc1cc(-c2sccc2Br)ccc1OC. The third kappa shape index (κ3) is 2.94. The first kappa shape index (κ1) is 13.6. The lowest BCUT2D eigenvalue weighted by Gasteiger charge is -2.11. The molecule has 0 aliphatic heterocycles. The Balaban J connectivity index is 2.36. The van der Waals surface area contributed by atoms with Crippen molar-refractivity contribution in [3.05, 3.63) is 39.7 Å². The molecule has 0 aliphatic rings. The highest BCUT2D eigenvalue weighted by Crippen LogP contribution is 2.35. The number of ether oxygens (including phenoxy) is 1. The van der Waals surface area contributed by atoms with Crippen molar-refractivity contribution in [1.82, 2.24) is 5.32 Å². The van der Waals surface area contributed by atoms with E-state index in [0.29, 0.717) is 0 Å². The first-order chi connectivity index (χ1) is 8.76. The van der Waals surface area contributed by atoms with Crippen molar-refractivity contribution >= 4 is 27.3 Å². The molecular formula is C14H16BrNOS. The van der Waals surface area contributed by atoms with Crippen molar-refractivity contribution in [2.24, 2.45) is 0 Å². The molecule has 1 N–H and O–H groups in total. The summed E-state index contributed by atoms with van der Waals surface area (Å²) in [6.45, 7) is 3.89. The molecule has 18 heavy (non-hydrogen) atoms. The number of methoxy groups -OCH3 is 1. The maximum absolute atomic E-state index is 5.40. The van der Waals surface area contributed by atoms with E-state index >= 15 is 0 Å². The van der Waals surface area contributed by atoms with Gasteiger partial charge in [0.15, 0.2) is 0 Å². The summed E-state index contributed by atoms with van der Waals surface area (Å²) in [7, 11) is 1.71. The molecule has 0 saturated heterocycles. The minimum Gasteiger partial charge on any atom is -0.496 e. The van der Waals surface area contributed by atoms with Crippen LogP contribution < -0.4 is 10.1 Å². The van der Waals surface area contributed by atoms with Gasteiger partial charge < -0.3 is 10.1 Å². The van der Waals surface area contributed by atoms with Crippen LogP contribution in [-0.2, 0) is 6.54 Å². The predicted octanol–water partition coefficient (Wildman–Crippen LogP) is 4.30. The summed E-state index contributed by atoms with van der Waals surface area (Å²) in [4.78, 5) is 1.26. The predicted molar refractivity (Wildman–Crippen MR) is 81.4 cm³/mol. The van der Waals surface area contributed by atoms with Crippen molar-refractivity contribution in [2.45, 2.75) is 13.5 Å². The molecule has 0 unspecified atom stereocenters. The van der Waals surface area contributed by atoms with E-state index in [1.165, 1.54) is 16.0 Å². The standard InChI is InChI=1S/C14H16BrNOS/c1-3-16-9-11-8-10(4-5-13(11)17-2)14-12(15)6-7-18-14/h4-8,16H,3,9H2,1-2H3. The fourth-order valence-corrected chi connectivity index (χ4v) is 3.42. The second-order valence-electron chi connectivity index (χ2n) is 3.90. The molecule has 2 nitrogen and oxygen atoms in total. The largest absolute Gasteiger partial charge is 0.496 e. The zero-order chi connectivity index (χ0) is 13.0. The average molecular weight is 326 g/mol. The number of hydrogen-bond donors (Lipinski definition) is 1. The summed E-state index contributed by atoms with van der Waals surface area (Å²) in [6.07, 6.45) is 0.